The fraction of sp³-hybridized carbons (Fsp3) is 0.767. The summed E-state index contributed by atoms with van der Waals surface area (Å²) in [4.78, 5) is 13.4. The molecule has 14 nitrogen and oxygen atoms in total. The first-order valence-electron chi connectivity index (χ1n) is 42.8. The molecule has 0 aromatic heterocycles. The summed E-state index contributed by atoms with van der Waals surface area (Å²) in [6.45, 7) is 2.72. The standard InChI is InChI=1S/C90H157NO13/c1-3-5-7-9-11-13-15-17-19-21-23-25-27-29-31-33-35-36-37-38-39-40-41-42-44-46-48-50-52-54-56-58-60-62-64-66-68-70-72-74-82(95)91-78(77-101-89-87(100)85(98)88(81(76-93)103-89)104-90-86(99)84(97)83(96)80(75-92)102-90)79(94)73-71-69-67-65-63-61-59-57-55-53-51-49-47-45-43-34-32-30-28-26-24-22-20-18-16-14-12-10-8-6-4-2/h5,7,11,13,17,19,23,25,29,31,35-36,38-39,41-42,46,48,71,73,78-81,83-90,92-94,96-100H,3-4,6,8-10,12,14-16,18,20-22,24,26-28,30,32-34,37,40,43-45,47,49-70,72,74-77H2,1-2H3,(H,91,95)/b7-5-,13-11-,19-17-,25-23-,31-29-,36-35-,39-38-,42-41-,48-46-,73-71+. The molecule has 0 spiro atoms. The number of carbonyl (C=O) groups is 1. The molecular formula is C90H157NO13. The van der Waals surface area contributed by atoms with Gasteiger partial charge in [0.25, 0.3) is 0 Å². The van der Waals surface area contributed by atoms with E-state index in [1.165, 1.54) is 218 Å². The highest BCUT2D eigenvalue weighted by atomic mass is 16.7. The quantitative estimate of drug-likeness (QED) is 0.0204. The lowest BCUT2D eigenvalue weighted by atomic mass is 9.97. The lowest BCUT2D eigenvalue weighted by molar-refractivity contribution is -0.359. The summed E-state index contributed by atoms with van der Waals surface area (Å²) >= 11 is 0. The normalized spacial score (nSPS) is 22.1. The summed E-state index contributed by atoms with van der Waals surface area (Å²) in [6, 6.07) is -0.926. The monoisotopic (exact) mass is 1460 g/mol. The van der Waals surface area contributed by atoms with E-state index in [4.69, 9.17) is 18.9 Å². The van der Waals surface area contributed by atoms with Crippen LogP contribution >= 0.6 is 0 Å². The van der Waals surface area contributed by atoms with Crippen molar-refractivity contribution in [3.8, 4) is 0 Å². The zero-order chi connectivity index (χ0) is 75.1. The van der Waals surface area contributed by atoms with Crippen LogP contribution in [0.5, 0.6) is 0 Å². The van der Waals surface area contributed by atoms with Gasteiger partial charge in [0.15, 0.2) is 12.6 Å². The zero-order valence-electron chi connectivity index (χ0n) is 66.0. The Kier molecular flexibility index (Phi) is 67.0. The molecule has 2 aliphatic rings. The van der Waals surface area contributed by atoms with Gasteiger partial charge >= 0.3 is 0 Å². The van der Waals surface area contributed by atoms with Crippen molar-refractivity contribution in [2.75, 3.05) is 19.8 Å². The second-order valence-corrected chi connectivity index (χ2v) is 29.6. The van der Waals surface area contributed by atoms with Crippen LogP contribution in [-0.2, 0) is 23.7 Å². The van der Waals surface area contributed by atoms with Crippen molar-refractivity contribution in [1.82, 2.24) is 5.32 Å². The highest BCUT2D eigenvalue weighted by Crippen LogP contribution is 2.30. The molecule has 1 amide bonds. The molecule has 0 radical (unpaired) electrons. The van der Waals surface area contributed by atoms with E-state index in [1.54, 1.807) is 6.08 Å². The van der Waals surface area contributed by atoms with E-state index in [9.17, 15) is 45.6 Å². The summed E-state index contributed by atoms with van der Waals surface area (Å²) in [6.07, 6.45) is 89.9. The van der Waals surface area contributed by atoms with Gasteiger partial charge in [-0.25, -0.2) is 0 Å². The van der Waals surface area contributed by atoms with Crippen molar-refractivity contribution in [3.63, 3.8) is 0 Å². The van der Waals surface area contributed by atoms with Crippen LogP contribution in [0.15, 0.2) is 122 Å². The summed E-state index contributed by atoms with van der Waals surface area (Å²) < 4.78 is 22.9. The maximum absolute atomic E-state index is 13.4. The molecule has 0 aromatic rings. The highest BCUT2D eigenvalue weighted by molar-refractivity contribution is 5.76. The summed E-state index contributed by atoms with van der Waals surface area (Å²) in [5.74, 6) is -0.243. The fourth-order valence-electron chi connectivity index (χ4n) is 13.5. The Hall–Kier alpha value is -3.61. The van der Waals surface area contributed by atoms with Gasteiger partial charge < -0.3 is 65.1 Å². The molecule has 2 rings (SSSR count). The Balaban J connectivity index is 1.61. The Morgan fingerprint density at radius 1 is 0.356 bits per heavy atom. The van der Waals surface area contributed by atoms with E-state index in [1.807, 2.05) is 6.08 Å². The van der Waals surface area contributed by atoms with Crippen molar-refractivity contribution in [2.24, 2.45) is 0 Å². The Labute approximate surface area is 635 Å². The van der Waals surface area contributed by atoms with Crippen molar-refractivity contribution >= 4 is 5.91 Å². The van der Waals surface area contributed by atoms with Crippen molar-refractivity contribution in [2.45, 2.75) is 421 Å². The second kappa shape index (κ2) is 72.3. The van der Waals surface area contributed by atoms with E-state index >= 15 is 0 Å². The molecule has 12 unspecified atom stereocenters. The number of aliphatic hydroxyl groups is 8. The second-order valence-electron chi connectivity index (χ2n) is 29.6. The van der Waals surface area contributed by atoms with Crippen LogP contribution in [0.4, 0.5) is 0 Å². The van der Waals surface area contributed by atoms with Crippen LogP contribution in [0.25, 0.3) is 0 Å². The van der Waals surface area contributed by atoms with E-state index in [-0.39, 0.29) is 18.9 Å². The smallest absolute Gasteiger partial charge is 0.220 e. The summed E-state index contributed by atoms with van der Waals surface area (Å²) in [7, 11) is 0. The molecule has 2 saturated heterocycles. The Morgan fingerprint density at radius 3 is 1.02 bits per heavy atom. The number of hydrogen-bond donors (Lipinski definition) is 9. The van der Waals surface area contributed by atoms with Gasteiger partial charge in [-0.2, -0.15) is 0 Å². The SMILES string of the molecule is CC/C=C\C/C=C\C/C=C\C/C=C\C/C=C\C/C=C\C/C=C\C/C=C\C/C=C\CCCCCCCCCCCCCC(=O)NC(COC1OC(CO)C(OC2OC(CO)C(O)C(O)C2O)C(O)C1O)C(O)/C=C/CCCCCCCCCCCCCCCCCCCCCCCCCCCCCCC. The van der Waals surface area contributed by atoms with E-state index in [0.29, 0.717) is 6.42 Å². The summed E-state index contributed by atoms with van der Waals surface area (Å²) in [5.41, 5.74) is 0. The van der Waals surface area contributed by atoms with Crippen LogP contribution in [0.3, 0.4) is 0 Å². The molecule has 0 aromatic carbocycles. The minimum absolute atomic E-state index is 0.243. The minimum atomic E-state index is -1.79. The average molecular weight is 1460 g/mol. The van der Waals surface area contributed by atoms with Crippen LogP contribution in [0.1, 0.15) is 348 Å². The third kappa shape index (κ3) is 54.1. The molecule has 12 atom stereocenters. The predicted octanol–water partition coefficient (Wildman–Crippen LogP) is 20.4. The van der Waals surface area contributed by atoms with Crippen LogP contribution < -0.4 is 5.32 Å². The molecule has 14 heteroatoms. The first-order chi connectivity index (χ1) is 51.1. The van der Waals surface area contributed by atoms with Gasteiger partial charge in [0.1, 0.15) is 48.8 Å². The number of aliphatic hydroxyl groups excluding tert-OH is 8. The molecule has 2 fully saturated rings. The summed E-state index contributed by atoms with van der Waals surface area (Å²) in [5, 5.41) is 87.8. The maximum atomic E-state index is 13.4. The van der Waals surface area contributed by atoms with Gasteiger partial charge in [0.05, 0.1) is 32.0 Å². The van der Waals surface area contributed by atoms with Crippen LogP contribution in [0, 0.1) is 0 Å². The fourth-order valence-corrected chi connectivity index (χ4v) is 13.5. The molecule has 2 heterocycles. The lowest BCUT2D eigenvalue weighted by Gasteiger charge is -2.46. The third-order valence-corrected chi connectivity index (χ3v) is 20.2. The van der Waals surface area contributed by atoms with Crippen molar-refractivity contribution in [3.05, 3.63) is 122 Å². The number of nitrogens with one attached hydrogen (secondary N) is 1. The Bertz CT molecular complexity index is 2220. The van der Waals surface area contributed by atoms with Gasteiger partial charge in [0.2, 0.25) is 5.91 Å². The van der Waals surface area contributed by atoms with Gasteiger partial charge in [0, 0.05) is 6.42 Å². The van der Waals surface area contributed by atoms with Gasteiger partial charge in [-0.3, -0.25) is 4.79 Å². The molecular weight excluding hydrogens is 1300 g/mol. The number of carbonyl (C=O) groups excluding carboxylic acids is 1. The van der Waals surface area contributed by atoms with Crippen LogP contribution in [-0.4, -0.2) is 140 Å². The van der Waals surface area contributed by atoms with Gasteiger partial charge in [-0.15, -0.1) is 0 Å². The molecule has 0 saturated carbocycles. The molecule has 9 N–H and O–H groups in total. The highest BCUT2D eigenvalue weighted by Gasteiger charge is 2.51. The Morgan fingerprint density at radius 2 is 0.663 bits per heavy atom. The number of amides is 1. The number of unbranched alkanes of at least 4 members (excludes halogenated alkanes) is 40. The average Bonchev–Trinajstić information content (AvgIpc) is 0.791. The number of rotatable bonds is 71. The van der Waals surface area contributed by atoms with Gasteiger partial charge in [-0.05, 0) is 89.9 Å². The van der Waals surface area contributed by atoms with E-state index < -0.39 is 86.8 Å². The maximum Gasteiger partial charge on any atom is 0.220 e. The van der Waals surface area contributed by atoms with Gasteiger partial charge in [-0.1, -0.05) is 373 Å². The minimum Gasteiger partial charge on any atom is -0.394 e. The zero-order valence-corrected chi connectivity index (χ0v) is 66.0. The largest absolute Gasteiger partial charge is 0.394 e. The lowest BCUT2D eigenvalue weighted by Crippen LogP contribution is -2.65. The van der Waals surface area contributed by atoms with Crippen LogP contribution in [0.2, 0.25) is 0 Å². The topological polar surface area (TPSA) is 228 Å². The predicted molar refractivity (Wildman–Crippen MR) is 433 cm³/mol. The molecule has 0 bridgehead atoms. The van der Waals surface area contributed by atoms with Crippen molar-refractivity contribution < 1.29 is 64.6 Å². The van der Waals surface area contributed by atoms with E-state index in [0.717, 1.165) is 103 Å². The molecule has 104 heavy (non-hydrogen) atoms. The first-order valence-corrected chi connectivity index (χ1v) is 42.8. The third-order valence-electron chi connectivity index (χ3n) is 20.2. The number of hydrogen-bond acceptors (Lipinski definition) is 13. The molecule has 0 aliphatic carbocycles. The molecule has 600 valence electrons. The van der Waals surface area contributed by atoms with Crippen molar-refractivity contribution in [1.29, 1.82) is 0 Å². The first kappa shape index (κ1) is 96.5. The van der Waals surface area contributed by atoms with E-state index in [2.05, 4.69) is 129 Å². The number of allylic oxidation sites excluding steroid dienone is 19. The number of ether oxygens (including phenoxy) is 4. The molecule has 2 aliphatic heterocycles.